The lowest BCUT2D eigenvalue weighted by Crippen LogP contribution is -2.23. The van der Waals surface area contributed by atoms with Crippen molar-refractivity contribution in [3.05, 3.63) is 61.4 Å². The summed E-state index contributed by atoms with van der Waals surface area (Å²) in [5.41, 5.74) is -0.0754. The molecule has 5 nitrogen and oxygen atoms in total. The van der Waals surface area contributed by atoms with E-state index >= 15 is 0 Å². The maximum atomic E-state index is 11.9. The van der Waals surface area contributed by atoms with Gasteiger partial charge in [-0.1, -0.05) is 12.1 Å². The number of ether oxygens (including phenoxy) is 1. The number of pyridine rings is 1. The summed E-state index contributed by atoms with van der Waals surface area (Å²) < 4.78 is 8.16. The van der Waals surface area contributed by atoms with Gasteiger partial charge in [-0.05, 0) is 50.1 Å². The fourth-order valence-corrected chi connectivity index (χ4v) is 3.01. The Bertz CT molecular complexity index is 727. The fourth-order valence-electron chi connectivity index (χ4n) is 1.75. The number of aromatic carboxylic acids is 1. The van der Waals surface area contributed by atoms with Crippen LogP contribution in [0, 0.1) is 0 Å². The van der Waals surface area contributed by atoms with E-state index in [-0.39, 0.29) is 23.5 Å². The fraction of sp³-hybridized carbons (Fsp3) is 0.143. The van der Waals surface area contributed by atoms with Crippen molar-refractivity contribution < 1.29 is 14.6 Å². The normalized spacial score (nSPS) is 10.4. The van der Waals surface area contributed by atoms with Gasteiger partial charge in [0.05, 0.1) is 11.0 Å². The number of carboxylic acid groups (broad SMARTS) is 1. The molecule has 0 aliphatic rings. The summed E-state index contributed by atoms with van der Waals surface area (Å²) in [6.45, 7) is 0.498. The van der Waals surface area contributed by atoms with Crippen LogP contribution in [0.25, 0.3) is 0 Å². The van der Waals surface area contributed by atoms with Crippen molar-refractivity contribution in [1.29, 1.82) is 0 Å². The zero-order valence-corrected chi connectivity index (χ0v) is 13.9. The highest BCUT2D eigenvalue weighted by Crippen LogP contribution is 2.18. The third-order valence-electron chi connectivity index (χ3n) is 2.72. The number of aromatic nitrogens is 1. The summed E-state index contributed by atoms with van der Waals surface area (Å²) in [7, 11) is 0. The van der Waals surface area contributed by atoms with E-state index in [4.69, 9.17) is 9.84 Å². The Morgan fingerprint density at radius 2 is 2.00 bits per heavy atom. The van der Waals surface area contributed by atoms with E-state index in [1.54, 1.807) is 30.5 Å². The quantitative estimate of drug-likeness (QED) is 0.812. The molecule has 0 aliphatic carbocycles. The number of hydrogen-bond donors (Lipinski definition) is 1. The van der Waals surface area contributed by atoms with Crippen LogP contribution in [0.4, 0.5) is 0 Å². The first-order valence-corrected chi connectivity index (χ1v) is 7.58. The molecule has 2 aromatic rings. The van der Waals surface area contributed by atoms with E-state index in [9.17, 15) is 9.59 Å². The first kappa shape index (κ1) is 15.8. The minimum atomic E-state index is -1.05. The van der Waals surface area contributed by atoms with Crippen LogP contribution in [-0.4, -0.2) is 22.2 Å². The summed E-state index contributed by atoms with van der Waals surface area (Å²) in [5, 5.41) is 9.05. The van der Waals surface area contributed by atoms with E-state index in [1.165, 1.54) is 10.6 Å². The van der Waals surface area contributed by atoms with Crippen LogP contribution in [0.15, 0.2) is 50.3 Å². The van der Waals surface area contributed by atoms with E-state index in [1.807, 2.05) is 0 Å². The average Bonchev–Trinajstić information content (AvgIpc) is 2.44. The average molecular weight is 417 g/mol. The lowest BCUT2D eigenvalue weighted by atomic mass is 10.2. The minimum Gasteiger partial charge on any atom is -0.491 e. The molecule has 1 aromatic heterocycles. The summed E-state index contributed by atoms with van der Waals surface area (Å²) in [5.74, 6) is -0.764. The van der Waals surface area contributed by atoms with Gasteiger partial charge in [0.25, 0.3) is 5.56 Å². The van der Waals surface area contributed by atoms with Crippen molar-refractivity contribution in [1.82, 2.24) is 4.57 Å². The van der Waals surface area contributed by atoms with Gasteiger partial charge >= 0.3 is 5.97 Å². The van der Waals surface area contributed by atoms with E-state index < -0.39 is 5.97 Å². The van der Waals surface area contributed by atoms with Gasteiger partial charge in [-0.3, -0.25) is 4.79 Å². The van der Waals surface area contributed by atoms with Crippen LogP contribution in [0.2, 0.25) is 0 Å². The topological polar surface area (TPSA) is 68.5 Å². The standard InChI is InChI=1S/C14H11Br2NO4/c15-9-7-11(16)13(18)17(8-9)5-6-21-12-4-2-1-3-10(12)14(19)20/h1-4,7-8H,5-6H2,(H,19,20). The van der Waals surface area contributed by atoms with Gasteiger partial charge in [-0.25, -0.2) is 4.79 Å². The van der Waals surface area contributed by atoms with E-state index in [2.05, 4.69) is 31.9 Å². The SMILES string of the molecule is O=C(O)c1ccccc1OCCn1cc(Br)cc(Br)c1=O. The maximum absolute atomic E-state index is 11.9. The van der Waals surface area contributed by atoms with Crippen LogP contribution in [0.5, 0.6) is 5.75 Å². The Labute approximate surface area is 137 Å². The van der Waals surface area contributed by atoms with Crippen molar-refractivity contribution in [2.24, 2.45) is 0 Å². The summed E-state index contributed by atoms with van der Waals surface area (Å²) in [4.78, 5) is 22.9. The van der Waals surface area contributed by atoms with Crippen molar-refractivity contribution in [2.75, 3.05) is 6.61 Å². The molecule has 0 radical (unpaired) electrons. The lowest BCUT2D eigenvalue weighted by molar-refractivity contribution is 0.0692. The molecule has 0 bridgehead atoms. The molecule has 0 unspecified atom stereocenters. The second kappa shape index (κ2) is 6.91. The molecule has 21 heavy (non-hydrogen) atoms. The second-order valence-electron chi connectivity index (χ2n) is 4.15. The molecule has 0 spiro atoms. The van der Waals surface area contributed by atoms with Crippen LogP contribution in [0.3, 0.4) is 0 Å². The van der Waals surface area contributed by atoms with Crippen LogP contribution in [0.1, 0.15) is 10.4 Å². The highest BCUT2D eigenvalue weighted by atomic mass is 79.9. The number of benzene rings is 1. The van der Waals surface area contributed by atoms with E-state index in [0.717, 1.165) is 4.47 Å². The molecule has 7 heteroatoms. The van der Waals surface area contributed by atoms with Crippen LogP contribution in [-0.2, 0) is 6.54 Å². The third-order valence-corrected chi connectivity index (χ3v) is 3.72. The van der Waals surface area contributed by atoms with Gasteiger partial charge < -0.3 is 14.4 Å². The molecule has 1 N–H and O–H groups in total. The number of nitrogens with zero attached hydrogens (tertiary/aromatic N) is 1. The highest BCUT2D eigenvalue weighted by Gasteiger charge is 2.10. The molecule has 0 amide bonds. The summed E-state index contributed by atoms with van der Waals surface area (Å²) in [6.07, 6.45) is 1.65. The van der Waals surface area contributed by atoms with Gasteiger partial charge in [-0.2, -0.15) is 0 Å². The molecule has 1 heterocycles. The number of para-hydroxylation sites is 1. The molecule has 1 aromatic carbocycles. The molecule has 0 aliphatic heterocycles. The maximum Gasteiger partial charge on any atom is 0.339 e. The molecule has 2 rings (SSSR count). The lowest BCUT2D eigenvalue weighted by Gasteiger charge is -2.11. The minimum absolute atomic E-state index is 0.0975. The van der Waals surface area contributed by atoms with Gasteiger partial charge in [0, 0.05) is 10.7 Å². The summed E-state index contributed by atoms with van der Waals surface area (Å²) in [6, 6.07) is 8.05. The predicted octanol–water partition coefficient (Wildman–Crippen LogP) is 3.15. The molecular formula is C14H11Br2NO4. The highest BCUT2D eigenvalue weighted by molar-refractivity contribution is 9.11. The molecule has 0 saturated carbocycles. The largest absolute Gasteiger partial charge is 0.491 e. The number of rotatable bonds is 5. The number of carbonyl (C=O) groups is 1. The second-order valence-corrected chi connectivity index (χ2v) is 5.92. The molecule has 0 saturated heterocycles. The van der Waals surface area contributed by atoms with Crippen LogP contribution < -0.4 is 10.3 Å². The Kier molecular flexibility index (Phi) is 5.19. The number of hydrogen-bond acceptors (Lipinski definition) is 3. The Morgan fingerprint density at radius 1 is 1.29 bits per heavy atom. The molecule has 110 valence electrons. The zero-order chi connectivity index (χ0) is 15.4. The van der Waals surface area contributed by atoms with Crippen LogP contribution >= 0.6 is 31.9 Å². The number of halogens is 2. The zero-order valence-electron chi connectivity index (χ0n) is 10.8. The molecular weight excluding hydrogens is 406 g/mol. The van der Waals surface area contributed by atoms with Crippen molar-refractivity contribution in [3.8, 4) is 5.75 Å². The first-order chi connectivity index (χ1) is 9.99. The Morgan fingerprint density at radius 3 is 2.71 bits per heavy atom. The van der Waals surface area contributed by atoms with Gasteiger partial charge in [0.2, 0.25) is 0 Å². The first-order valence-electron chi connectivity index (χ1n) is 5.99. The van der Waals surface area contributed by atoms with Gasteiger partial charge in [-0.15, -0.1) is 0 Å². The van der Waals surface area contributed by atoms with Crippen molar-refractivity contribution in [3.63, 3.8) is 0 Å². The molecule has 0 atom stereocenters. The van der Waals surface area contributed by atoms with Gasteiger partial charge in [0.15, 0.2) is 0 Å². The Balaban J connectivity index is 2.09. The van der Waals surface area contributed by atoms with Crippen molar-refractivity contribution >= 4 is 37.8 Å². The van der Waals surface area contributed by atoms with Crippen molar-refractivity contribution in [2.45, 2.75) is 6.54 Å². The molecule has 0 fully saturated rings. The van der Waals surface area contributed by atoms with E-state index in [0.29, 0.717) is 11.0 Å². The predicted molar refractivity (Wildman–Crippen MR) is 85.0 cm³/mol. The third kappa shape index (κ3) is 3.95. The smallest absolute Gasteiger partial charge is 0.339 e. The summed E-state index contributed by atoms with van der Waals surface area (Å²) >= 11 is 6.49. The monoisotopic (exact) mass is 415 g/mol. The Hall–Kier alpha value is -1.60. The number of carboxylic acids is 1. The van der Waals surface area contributed by atoms with Gasteiger partial charge in [0.1, 0.15) is 17.9 Å².